The molecule has 0 amide bonds. The summed E-state index contributed by atoms with van der Waals surface area (Å²) in [4.78, 5) is 10.1. The topological polar surface area (TPSA) is 95.6 Å². The Bertz CT molecular complexity index is 381. The van der Waals surface area contributed by atoms with Crippen LogP contribution in [0.1, 0.15) is 5.56 Å². The van der Waals surface area contributed by atoms with Gasteiger partial charge >= 0.3 is 0 Å². The zero-order valence-electron chi connectivity index (χ0n) is 8.88. The summed E-state index contributed by atoms with van der Waals surface area (Å²) in [5, 5.41) is 31.1. The molecule has 1 aromatic carbocycles. The summed E-state index contributed by atoms with van der Waals surface area (Å²) < 4.78 is 0. The maximum atomic E-state index is 10.6. The lowest BCUT2D eigenvalue weighted by Gasteiger charge is -2.10. The number of hydrogen-bond acceptors (Lipinski definition) is 5. The van der Waals surface area contributed by atoms with Crippen molar-refractivity contribution in [3.05, 3.63) is 33.9 Å². The van der Waals surface area contributed by atoms with Crippen LogP contribution in [-0.2, 0) is 0 Å². The van der Waals surface area contributed by atoms with Crippen molar-refractivity contribution in [2.75, 3.05) is 18.5 Å². The van der Waals surface area contributed by atoms with E-state index in [0.717, 1.165) is 0 Å². The lowest BCUT2D eigenvalue weighted by molar-refractivity contribution is -0.385. The van der Waals surface area contributed by atoms with Gasteiger partial charge in [-0.15, -0.1) is 0 Å². The van der Waals surface area contributed by atoms with Gasteiger partial charge in [0.25, 0.3) is 5.69 Å². The molecule has 88 valence electrons. The lowest BCUT2D eigenvalue weighted by Crippen LogP contribution is -2.22. The Kier molecular flexibility index (Phi) is 4.21. The van der Waals surface area contributed by atoms with E-state index in [0.29, 0.717) is 11.3 Å². The van der Waals surface area contributed by atoms with E-state index in [4.69, 9.17) is 10.2 Å². The molecular weight excluding hydrogens is 212 g/mol. The Balaban J connectivity index is 2.70. The number of hydrogen-bond donors (Lipinski definition) is 3. The molecule has 1 unspecified atom stereocenters. The van der Waals surface area contributed by atoms with Crippen LogP contribution in [0.15, 0.2) is 18.2 Å². The van der Waals surface area contributed by atoms with Crippen molar-refractivity contribution in [2.24, 2.45) is 0 Å². The van der Waals surface area contributed by atoms with Crippen LogP contribution in [0, 0.1) is 17.0 Å². The van der Waals surface area contributed by atoms with Crippen LogP contribution in [-0.4, -0.2) is 34.4 Å². The number of nitrogens with zero attached hydrogens (tertiary/aromatic N) is 1. The first-order valence-electron chi connectivity index (χ1n) is 4.82. The highest BCUT2D eigenvalue weighted by atomic mass is 16.6. The van der Waals surface area contributed by atoms with Gasteiger partial charge in [-0.25, -0.2) is 0 Å². The van der Waals surface area contributed by atoms with Gasteiger partial charge in [-0.2, -0.15) is 0 Å². The van der Waals surface area contributed by atoms with Gasteiger partial charge in [0, 0.05) is 23.9 Å². The van der Waals surface area contributed by atoms with E-state index in [9.17, 15) is 10.1 Å². The van der Waals surface area contributed by atoms with E-state index < -0.39 is 11.0 Å². The van der Waals surface area contributed by atoms with Crippen molar-refractivity contribution in [3.63, 3.8) is 0 Å². The standard InChI is InChI=1S/C10H14N2O4/c1-7-4-8(11-5-9(14)6-13)2-3-10(7)12(15)16/h2-4,9,11,13-14H,5-6H2,1H3. The monoisotopic (exact) mass is 226 g/mol. The summed E-state index contributed by atoms with van der Waals surface area (Å²) >= 11 is 0. The number of rotatable bonds is 5. The summed E-state index contributed by atoms with van der Waals surface area (Å²) in [7, 11) is 0. The molecule has 0 heterocycles. The first-order valence-corrected chi connectivity index (χ1v) is 4.82. The van der Waals surface area contributed by atoms with E-state index in [1.54, 1.807) is 19.1 Å². The molecule has 0 aromatic heterocycles. The number of aliphatic hydroxyl groups excluding tert-OH is 2. The van der Waals surface area contributed by atoms with Crippen LogP contribution in [0.4, 0.5) is 11.4 Å². The summed E-state index contributed by atoms with van der Waals surface area (Å²) in [5.74, 6) is 0. The first kappa shape index (κ1) is 12.4. The molecule has 0 aliphatic carbocycles. The Morgan fingerprint density at radius 3 is 2.75 bits per heavy atom. The molecule has 1 aromatic rings. The van der Waals surface area contributed by atoms with Crippen LogP contribution in [0.3, 0.4) is 0 Å². The number of anilines is 1. The van der Waals surface area contributed by atoms with Crippen molar-refractivity contribution >= 4 is 11.4 Å². The van der Waals surface area contributed by atoms with Gasteiger partial charge in [-0.3, -0.25) is 10.1 Å². The zero-order chi connectivity index (χ0) is 12.1. The lowest BCUT2D eigenvalue weighted by atomic mass is 10.2. The van der Waals surface area contributed by atoms with E-state index in [1.807, 2.05) is 0 Å². The fourth-order valence-electron chi connectivity index (χ4n) is 1.27. The fourth-order valence-corrected chi connectivity index (χ4v) is 1.27. The maximum absolute atomic E-state index is 10.6. The number of nitro groups is 1. The minimum Gasteiger partial charge on any atom is -0.394 e. The predicted octanol–water partition coefficient (Wildman–Crippen LogP) is 0.668. The van der Waals surface area contributed by atoms with Gasteiger partial charge in [-0.05, 0) is 19.1 Å². The van der Waals surface area contributed by atoms with Gasteiger partial charge in [0.15, 0.2) is 0 Å². The first-order chi connectivity index (χ1) is 7.54. The molecule has 0 bridgehead atoms. The van der Waals surface area contributed by atoms with Gasteiger partial charge < -0.3 is 15.5 Å². The Morgan fingerprint density at radius 1 is 1.56 bits per heavy atom. The third-order valence-electron chi connectivity index (χ3n) is 2.15. The normalized spacial score (nSPS) is 12.2. The molecule has 6 nitrogen and oxygen atoms in total. The van der Waals surface area contributed by atoms with Crippen LogP contribution in [0.5, 0.6) is 0 Å². The average Bonchev–Trinajstić information content (AvgIpc) is 2.25. The molecule has 3 N–H and O–H groups in total. The molecule has 0 saturated carbocycles. The van der Waals surface area contributed by atoms with Crippen LogP contribution in [0.2, 0.25) is 0 Å². The average molecular weight is 226 g/mol. The fraction of sp³-hybridized carbons (Fsp3) is 0.400. The van der Waals surface area contributed by atoms with Gasteiger partial charge in [0.1, 0.15) is 0 Å². The molecule has 16 heavy (non-hydrogen) atoms. The largest absolute Gasteiger partial charge is 0.394 e. The van der Waals surface area contributed by atoms with Crippen LogP contribution < -0.4 is 5.32 Å². The minimum atomic E-state index is -0.838. The molecule has 0 fully saturated rings. The minimum absolute atomic E-state index is 0.0632. The summed E-state index contributed by atoms with van der Waals surface area (Å²) in [6, 6.07) is 4.60. The molecule has 0 radical (unpaired) electrons. The second kappa shape index (κ2) is 5.43. The molecule has 1 rings (SSSR count). The molecule has 0 aliphatic rings. The van der Waals surface area contributed by atoms with Crippen LogP contribution in [0.25, 0.3) is 0 Å². The summed E-state index contributed by atoms with van der Waals surface area (Å²) in [6.45, 7) is 1.53. The van der Waals surface area contributed by atoms with Crippen molar-refractivity contribution < 1.29 is 15.1 Å². The highest BCUT2D eigenvalue weighted by Gasteiger charge is 2.10. The Labute approximate surface area is 92.7 Å². The number of aryl methyl sites for hydroxylation is 1. The third-order valence-corrected chi connectivity index (χ3v) is 2.15. The van der Waals surface area contributed by atoms with Crippen molar-refractivity contribution in [1.29, 1.82) is 0 Å². The third kappa shape index (κ3) is 3.18. The van der Waals surface area contributed by atoms with Crippen molar-refractivity contribution in [2.45, 2.75) is 13.0 Å². The second-order valence-corrected chi connectivity index (χ2v) is 3.48. The Hall–Kier alpha value is -1.66. The zero-order valence-corrected chi connectivity index (χ0v) is 8.88. The second-order valence-electron chi connectivity index (χ2n) is 3.48. The molecule has 0 aliphatic heterocycles. The van der Waals surface area contributed by atoms with Gasteiger partial charge in [-0.1, -0.05) is 0 Å². The number of aliphatic hydroxyl groups is 2. The van der Waals surface area contributed by atoms with Crippen molar-refractivity contribution in [3.8, 4) is 0 Å². The molecule has 0 spiro atoms. The highest BCUT2D eigenvalue weighted by molar-refractivity contribution is 5.53. The number of benzene rings is 1. The number of nitrogens with one attached hydrogen (secondary N) is 1. The maximum Gasteiger partial charge on any atom is 0.272 e. The SMILES string of the molecule is Cc1cc(NCC(O)CO)ccc1[N+](=O)[O-]. The summed E-state index contributed by atoms with van der Waals surface area (Å²) in [5.41, 5.74) is 1.29. The van der Waals surface area contributed by atoms with E-state index in [1.165, 1.54) is 6.07 Å². The van der Waals surface area contributed by atoms with E-state index in [2.05, 4.69) is 5.32 Å². The molecule has 1 atom stereocenters. The molecule has 6 heteroatoms. The Morgan fingerprint density at radius 2 is 2.25 bits per heavy atom. The molecule has 0 saturated heterocycles. The highest BCUT2D eigenvalue weighted by Crippen LogP contribution is 2.21. The van der Waals surface area contributed by atoms with Crippen LogP contribution >= 0.6 is 0 Å². The molecular formula is C10H14N2O4. The summed E-state index contributed by atoms with van der Waals surface area (Å²) in [6.07, 6.45) is -0.838. The quantitative estimate of drug-likeness (QED) is 0.506. The van der Waals surface area contributed by atoms with Gasteiger partial charge in [0.2, 0.25) is 0 Å². The predicted molar refractivity (Wildman–Crippen MR) is 59.4 cm³/mol. The van der Waals surface area contributed by atoms with E-state index >= 15 is 0 Å². The van der Waals surface area contributed by atoms with E-state index in [-0.39, 0.29) is 18.8 Å². The smallest absolute Gasteiger partial charge is 0.272 e. The van der Waals surface area contributed by atoms with Gasteiger partial charge in [0.05, 0.1) is 17.6 Å². The number of nitro benzene ring substituents is 1. The van der Waals surface area contributed by atoms with Crippen molar-refractivity contribution in [1.82, 2.24) is 0 Å².